The third kappa shape index (κ3) is 3.47. The minimum atomic E-state index is -0.320. The Morgan fingerprint density at radius 3 is 2.85 bits per heavy atom. The number of hydrogen-bond donors (Lipinski definition) is 0. The van der Waals surface area contributed by atoms with Gasteiger partial charge in [0.05, 0.1) is 18.4 Å². The standard InChI is InChI=1S/C23H26FN7OS/c1-14-10-19-17(11-15(24)12-25-19)20-4-3-8-28(20)21-7-9-29-22(27-21)18(13-26-29)23(32)31(33-2)30(14)16-5-6-16/h7,9,11-14,16,20H,3-6,8,10H2,1-2H3/t14-,20?/m0/s1. The third-order valence-electron chi connectivity index (χ3n) is 6.88. The number of halogens is 1. The molecule has 172 valence electrons. The smallest absolute Gasteiger partial charge is 0.284 e. The lowest BCUT2D eigenvalue weighted by atomic mass is 9.98. The number of hydrazine groups is 1. The monoisotopic (exact) mass is 467 g/mol. The largest absolute Gasteiger partial charge is 0.349 e. The summed E-state index contributed by atoms with van der Waals surface area (Å²) in [6.45, 7) is 2.95. The van der Waals surface area contributed by atoms with Crippen molar-refractivity contribution in [2.75, 3.05) is 17.7 Å². The lowest BCUT2D eigenvalue weighted by molar-refractivity contribution is 0.0180. The molecule has 33 heavy (non-hydrogen) atoms. The zero-order valence-corrected chi connectivity index (χ0v) is 19.5. The van der Waals surface area contributed by atoms with E-state index in [0.29, 0.717) is 23.7 Å². The average Bonchev–Trinajstić information content (AvgIpc) is 3.36. The maximum absolute atomic E-state index is 14.4. The fraction of sp³-hybridized carbons (Fsp3) is 0.478. The van der Waals surface area contributed by atoms with E-state index in [1.54, 1.807) is 21.2 Å². The van der Waals surface area contributed by atoms with Gasteiger partial charge in [0, 0.05) is 43.2 Å². The van der Waals surface area contributed by atoms with Crippen LogP contribution in [-0.4, -0.2) is 59.8 Å². The lowest BCUT2D eigenvalue weighted by Gasteiger charge is -2.37. The molecule has 1 amide bonds. The summed E-state index contributed by atoms with van der Waals surface area (Å²) in [4.78, 5) is 25.4. The molecule has 0 radical (unpaired) electrons. The van der Waals surface area contributed by atoms with Crippen LogP contribution in [0, 0.1) is 5.82 Å². The third-order valence-corrected chi connectivity index (χ3v) is 7.58. The summed E-state index contributed by atoms with van der Waals surface area (Å²) in [6.07, 6.45) is 11.3. The molecule has 0 spiro atoms. The highest BCUT2D eigenvalue weighted by molar-refractivity contribution is 7.96. The molecule has 2 fully saturated rings. The van der Waals surface area contributed by atoms with Crippen LogP contribution in [0.15, 0.2) is 30.7 Å². The van der Waals surface area contributed by atoms with E-state index in [1.807, 2.05) is 18.5 Å². The van der Waals surface area contributed by atoms with Gasteiger partial charge in [-0.25, -0.2) is 23.3 Å². The molecule has 2 atom stereocenters. The van der Waals surface area contributed by atoms with Gasteiger partial charge in [0.2, 0.25) is 0 Å². The van der Waals surface area contributed by atoms with Crippen LogP contribution in [0.1, 0.15) is 60.3 Å². The predicted octanol–water partition coefficient (Wildman–Crippen LogP) is 3.65. The molecule has 1 saturated heterocycles. The van der Waals surface area contributed by atoms with Crippen molar-refractivity contribution < 1.29 is 9.18 Å². The van der Waals surface area contributed by atoms with Gasteiger partial charge in [-0.15, -0.1) is 0 Å². The Bertz CT molecular complexity index is 1230. The van der Waals surface area contributed by atoms with Crippen LogP contribution in [0.4, 0.5) is 10.2 Å². The number of fused-ring (bicyclic) bond motifs is 5. The SMILES string of the molecule is CSN1C(=O)c2cnn3ccc(nc23)N2CCCC2c2cc(F)cnc2C[C@H](C)N1C1CC1. The minimum Gasteiger partial charge on any atom is -0.349 e. The van der Waals surface area contributed by atoms with Crippen molar-refractivity contribution >= 4 is 29.3 Å². The first-order valence-corrected chi connectivity index (χ1v) is 12.7. The second kappa shape index (κ2) is 7.95. The number of carbonyl (C=O) groups excluding carboxylic acids is 1. The van der Waals surface area contributed by atoms with Crippen LogP contribution >= 0.6 is 11.9 Å². The fourth-order valence-corrected chi connectivity index (χ4v) is 6.01. The molecule has 2 aliphatic heterocycles. The highest BCUT2D eigenvalue weighted by Crippen LogP contribution is 2.39. The van der Waals surface area contributed by atoms with E-state index in [9.17, 15) is 9.18 Å². The van der Waals surface area contributed by atoms with Gasteiger partial charge in [-0.2, -0.15) is 5.10 Å². The van der Waals surface area contributed by atoms with Gasteiger partial charge in [-0.3, -0.25) is 9.78 Å². The number of amides is 1. The summed E-state index contributed by atoms with van der Waals surface area (Å²) in [6, 6.07) is 3.88. The molecule has 1 unspecified atom stereocenters. The molecule has 2 bridgehead atoms. The Hall–Kier alpha value is -2.72. The van der Waals surface area contributed by atoms with Gasteiger partial charge < -0.3 is 4.90 Å². The number of rotatable bonds is 2. The first-order chi connectivity index (χ1) is 16.0. The molecular formula is C23H26FN7OS. The van der Waals surface area contributed by atoms with E-state index >= 15 is 0 Å². The molecule has 0 aromatic carbocycles. The Kier molecular flexibility index (Phi) is 5.02. The van der Waals surface area contributed by atoms with Crippen molar-refractivity contribution in [2.45, 2.75) is 57.2 Å². The molecule has 1 saturated carbocycles. The molecule has 3 aromatic heterocycles. The summed E-state index contributed by atoms with van der Waals surface area (Å²) in [5.74, 6) is 0.334. The number of aromatic nitrogens is 4. The number of hydrogen-bond acceptors (Lipinski definition) is 7. The van der Waals surface area contributed by atoms with E-state index in [1.165, 1.54) is 18.1 Å². The fourth-order valence-electron chi connectivity index (χ4n) is 5.26. The van der Waals surface area contributed by atoms with Crippen molar-refractivity contribution in [3.05, 3.63) is 53.4 Å². The highest BCUT2D eigenvalue weighted by atomic mass is 32.2. The molecule has 5 heterocycles. The molecule has 6 rings (SSSR count). The quantitative estimate of drug-likeness (QED) is 0.533. The van der Waals surface area contributed by atoms with Crippen LogP contribution in [-0.2, 0) is 6.42 Å². The van der Waals surface area contributed by atoms with Crippen molar-refractivity contribution in [2.24, 2.45) is 0 Å². The number of pyridine rings is 1. The van der Waals surface area contributed by atoms with E-state index in [4.69, 9.17) is 4.98 Å². The Balaban J connectivity index is 1.57. The van der Waals surface area contributed by atoms with Gasteiger partial charge in [-0.05, 0) is 62.3 Å². The molecule has 0 N–H and O–H groups in total. The Labute approximate surface area is 195 Å². The summed E-state index contributed by atoms with van der Waals surface area (Å²) >= 11 is 1.40. The van der Waals surface area contributed by atoms with Crippen molar-refractivity contribution in [1.29, 1.82) is 0 Å². The van der Waals surface area contributed by atoms with Gasteiger partial charge >= 0.3 is 0 Å². The minimum absolute atomic E-state index is 0.000737. The zero-order chi connectivity index (χ0) is 22.7. The number of carbonyl (C=O) groups is 1. The summed E-state index contributed by atoms with van der Waals surface area (Å²) < 4.78 is 17.8. The summed E-state index contributed by atoms with van der Waals surface area (Å²) in [5.41, 5.74) is 2.85. The number of nitrogens with zero attached hydrogens (tertiary/aromatic N) is 7. The zero-order valence-electron chi connectivity index (χ0n) is 18.7. The van der Waals surface area contributed by atoms with Gasteiger partial charge in [0.15, 0.2) is 5.65 Å². The average molecular weight is 468 g/mol. The summed E-state index contributed by atoms with van der Waals surface area (Å²) in [5, 5.41) is 6.57. The second-order valence-electron chi connectivity index (χ2n) is 9.08. The molecule has 10 heteroatoms. The Morgan fingerprint density at radius 1 is 1.21 bits per heavy atom. The molecule has 1 aliphatic carbocycles. The molecule has 3 aliphatic rings. The van der Waals surface area contributed by atoms with E-state index < -0.39 is 0 Å². The van der Waals surface area contributed by atoms with Crippen LogP contribution in [0.2, 0.25) is 0 Å². The van der Waals surface area contributed by atoms with Gasteiger partial charge in [-0.1, -0.05) is 0 Å². The van der Waals surface area contributed by atoms with Crippen molar-refractivity contribution in [1.82, 2.24) is 29.0 Å². The highest BCUT2D eigenvalue weighted by Gasteiger charge is 2.41. The van der Waals surface area contributed by atoms with Crippen LogP contribution < -0.4 is 4.90 Å². The molecule has 8 nitrogen and oxygen atoms in total. The van der Waals surface area contributed by atoms with Gasteiger partial charge in [0.25, 0.3) is 5.91 Å². The van der Waals surface area contributed by atoms with E-state index in [-0.39, 0.29) is 23.8 Å². The normalized spacial score (nSPS) is 23.9. The van der Waals surface area contributed by atoms with Gasteiger partial charge in [0.1, 0.15) is 17.2 Å². The molecular weight excluding hydrogens is 441 g/mol. The molecule has 3 aromatic rings. The maximum Gasteiger partial charge on any atom is 0.284 e. The second-order valence-corrected chi connectivity index (χ2v) is 9.79. The van der Waals surface area contributed by atoms with E-state index in [0.717, 1.165) is 49.3 Å². The van der Waals surface area contributed by atoms with Crippen molar-refractivity contribution in [3.63, 3.8) is 0 Å². The van der Waals surface area contributed by atoms with E-state index in [2.05, 4.69) is 26.9 Å². The topological polar surface area (TPSA) is 69.9 Å². The first-order valence-electron chi connectivity index (χ1n) is 11.5. The first kappa shape index (κ1) is 20.9. The Morgan fingerprint density at radius 2 is 2.06 bits per heavy atom. The van der Waals surface area contributed by atoms with Crippen LogP contribution in [0.25, 0.3) is 5.65 Å². The maximum atomic E-state index is 14.4. The van der Waals surface area contributed by atoms with Crippen LogP contribution in [0.5, 0.6) is 0 Å². The number of anilines is 1. The van der Waals surface area contributed by atoms with Crippen LogP contribution in [0.3, 0.4) is 0 Å². The predicted molar refractivity (Wildman–Crippen MR) is 124 cm³/mol. The summed E-state index contributed by atoms with van der Waals surface area (Å²) in [7, 11) is 0. The van der Waals surface area contributed by atoms with Crippen molar-refractivity contribution in [3.8, 4) is 0 Å². The lowest BCUT2D eigenvalue weighted by Crippen LogP contribution is -2.49.